The van der Waals surface area contributed by atoms with E-state index in [4.69, 9.17) is 0 Å². The molecule has 1 unspecified atom stereocenters. The van der Waals surface area contributed by atoms with Crippen LogP contribution in [0.15, 0.2) is 6.07 Å². The molecular formula is C15H26N4. The van der Waals surface area contributed by atoms with E-state index in [1.54, 1.807) is 0 Å². The highest BCUT2D eigenvalue weighted by molar-refractivity contribution is 5.41. The van der Waals surface area contributed by atoms with Crippen LogP contribution in [0, 0.1) is 6.92 Å². The van der Waals surface area contributed by atoms with Gasteiger partial charge in [0, 0.05) is 24.3 Å². The Morgan fingerprint density at radius 2 is 2.21 bits per heavy atom. The third kappa shape index (κ3) is 3.66. The molecule has 1 aliphatic heterocycles. The summed E-state index contributed by atoms with van der Waals surface area (Å²) in [7, 11) is 2.02. The van der Waals surface area contributed by atoms with E-state index in [0.717, 1.165) is 36.8 Å². The van der Waals surface area contributed by atoms with Gasteiger partial charge in [0.25, 0.3) is 0 Å². The van der Waals surface area contributed by atoms with Crippen LogP contribution in [-0.2, 0) is 6.42 Å². The van der Waals surface area contributed by atoms with Gasteiger partial charge in [-0.2, -0.15) is 0 Å². The largest absolute Gasteiger partial charge is 0.353 e. The van der Waals surface area contributed by atoms with Crippen LogP contribution < -0.4 is 10.2 Å². The van der Waals surface area contributed by atoms with Gasteiger partial charge in [-0.3, -0.25) is 0 Å². The summed E-state index contributed by atoms with van der Waals surface area (Å²) in [5, 5.41) is 3.26. The molecule has 19 heavy (non-hydrogen) atoms. The SMILES string of the molecule is CCc1cc(N2CCCCC2CCNC)nc(C)n1. The summed E-state index contributed by atoms with van der Waals surface area (Å²) in [5.41, 5.74) is 1.15. The van der Waals surface area contributed by atoms with Gasteiger partial charge in [0.15, 0.2) is 0 Å². The molecule has 0 spiro atoms. The molecule has 1 fully saturated rings. The van der Waals surface area contributed by atoms with Crippen LogP contribution in [0.4, 0.5) is 5.82 Å². The highest BCUT2D eigenvalue weighted by atomic mass is 15.2. The summed E-state index contributed by atoms with van der Waals surface area (Å²) >= 11 is 0. The quantitative estimate of drug-likeness (QED) is 0.884. The molecule has 2 heterocycles. The van der Waals surface area contributed by atoms with Gasteiger partial charge < -0.3 is 10.2 Å². The molecule has 1 aromatic heterocycles. The van der Waals surface area contributed by atoms with Crippen LogP contribution in [0.5, 0.6) is 0 Å². The number of anilines is 1. The van der Waals surface area contributed by atoms with Crippen molar-refractivity contribution in [3.05, 3.63) is 17.6 Å². The maximum atomic E-state index is 4.66. The molecule has 1 aliphatic rings. The van der Waals surface area contributed by atoms with Crippen LogP contribution >= 0.6 is 0 Å². The van der Waals surface area contributed by atoms with Gasteiger partial charge in [0.1, 0.15) is 11.6 Å². The summed E-state index contributed by atoms with van der Waals surface area (Å²) in [4.78, 5) is 11.6. The molecule has 4 heteroatoms. The number of aromatic nitrogens is 2. The van der Waals surface area contributed by atoms with E-state index < -0.39 is 0 Å². The van der Waals surface area contributed by atoms with Gasteiger partial charge in [-0.1, -0.05) is 6.92 Å². The van der Waals surface area contributed by atoms with E-state index in [0.29, 0.717) is 6.04 Å². The fourth-order valence-electron chi connectivity index (χ4n) is 2.85. The summed E-state index contributed by atoms with van der Waals surface area (Å²) in [5.74, 6) is 2.03. The normalized spacial score (nSPS) is 19.7. The van der Waals surface area contributed by atoms with E-state index in [1.807, 2.05) is 14.0 Å². The van der Waals surface area contributed by atoms with E-state index in [9.17, 15) is 0 Å². The highest BCUT2D eigenvalue weighted by Gasteiger charge is 2.23. The lowest BCUT2D eigenvalue weighted by Crippen LogP contribution is -2.41. The second kappa shape index (κ2) is 6.85. The van der Waals surface area contributed by atoms with Crippen LogP contribution in [0.3, 0.4) is 0 Å². The molecule has 0 radical (unpaired) electrons. The summed E-state index contributed by atoms with van der Waals surface area (Å²) in [6.07, 6.45) is 6.08. The van der Waals surface area contributed by atoms with Crippen LogP contribution in [-0.4, -0.2) is 36.1 Å². The fraction of sp³-hybridized carbons (Fsp3) is 0.733. The molecule has 4 nitrogen and oxygen atoms in total. The molecular weight excluding hydrogens is 236 g/mol. The predicted molar refractivity (Wildman–Crippen MR) is 79.7 cm³/mol. The minimum absolute atomic E-state index is 0.625. The Morgan fingerprint density at radius 1 is 1.37 bits per heavy atom. The molecule has 2 rings (SSSR count). The van der Waals surface area contributed by atoms with Crippen LogP contribution in [0.1, 0.15) is 44.1 Å². The number of hydrogen-bond donors (Lipinski definition) is 1. The topological polar surface area (TPSA) is 41.0 Å². The lowest BCUT2D eigenvalue weighted by molar-refractivity contribution is 0.430. The molecule has 1 aromatic rings. The van der Waals surface area contributed by atoms with E-state index in [2.05, 4.69) is 33.2 Å². The first-order valence-corrected chi connectivity index (χ1v) is 7.50. The minimum atomic E-state index is 0.625. The number of aryl methyl sites for hydroxylation is 2. The Kier molecular flexibility index (Phi) is 5.14. The first-order chi connectivity index (χ1) is 9.24. The lowest BCUT2D eigenvalue weighted by atomic mass is 9.99. The first-order valence-electron chi connectivity index (χ1n) is 7.50. The highest BCUT2D eigenvalue weighted by Crippen LogP contribution is 2.25. The van der Waals surface area contributed by atoms with E-state index in [-0.39, 0.29) is 0 Å². The predicted octanol–water partition coefficient (Wildman–Crippen LogP) is 2.32. The van der Waals surface area contributed by atoms with Crippen molar-refractivity contribution in [1.82, 2.24) is 15.3 Å². The van der Waals surface area contributed by atoms with Gasteiger partial charge in [-0.25, -0.2) is 9.97 Å². The lowest BCUT2D eigenvalue weighted by Gasteiger charge is -2.37. The summed E-state index contributed by atoms with van der Waals surface area (Å²) < 4.78 is 0. The van der Waals surface area contributed by atoms with Gasteiger partial charge in [-0.15, -0.1) is 0 Å². The number of hydrogen-bond acceptors (Lipinski definition) is 4. The van der Waals surface area contributed by atoms with Gasteiger partial charge in [0.05, 0.1) is 0 Å². The third-order valence-electron chi connectivity index (χ3n) is 3.89. The maximum Gasteiger partial charge on any atom is 0.132 e. The summed E-state index contributed by atoms with van der Waals surface area (Å²) in [6.45, 7) is 6.36. The zero-order valence-electron chi connectivity index (χ0n) is 12.4. The standard InChI is InChI=1S/C15H26N4/c1-4-13-11-15(18-12(2)17-13)19-10-6-5-7-14(19)8-9-16-3/h11,14,16H,4-10H2,1-3H3. The van der Waals surface area contributed by atoms with Crippen molar-refractivity contribution < 1.29 is 0 Å². The Hall–Kier alpha value is -1.16. The van der Waals surface area contributed by atoms with Crippen LogP contribution in [0.25, 0.3) is 0 Å². The molecule has 1 saturated heterocycles. The second-order valence-corrected chi connectivity index (χ2v) is 5.35. The molecule has 0 bridgehead atoms. The fourth-order valence-corrected chi connectivity index (χ4v) is 2.85. The molecule has 0 aromatic carbocycles. The third-order valence-corrected chi connectivity index (χ3v) is 3.89. The van der Waals surface area contributed by atoms with Crippen LogP contribution in [0.2, 0.25) is 0 Å². The molecule has 1 atom stereocenters. The first kappa shape index (κ1) is 14.3. The van der Waals surface area contributed by atoms with Gasteiger partial charge in [0.2, 0.25) is 0 Å². The van der Waals surface area contributed by atoms with E-state index in [1.165, 1.54) is 25.7 Å². The Morgan fingerprint density at radius 3 is 2.95 bits per heavy atom. The van der Waals surface area contributed by atoms with Crippen molar-refractivity contribution in [3.8, 4) is 0 Å². The second-order valence-electron chi connectivity index (χ2n) is 5.35. The Balaban J connectivity index is 2.18. The zero-order valence-corrected chi connectivity index (χ0v) is 12.4. The van der Waals surface area contributed by atoms with Crippen molar-refractivity contribution in [2.75, 3.05) is 25.0 Å². The van der Waals surface area contributed by atoms with Gasteiger partial charge in [-0.05, 0) is 52.6 Å². The van der Waals surface area contributed by atoms with Crippen molar-refractivity contribution in [2.45, 2.75) is 52.0 Å². The smallest absolute Gasteiger partial charge is 0.132 e. The van der Waals surface area contributed by atoms with Crippen molar-refractivity contribution in [3.63, 3.8) is 0 Å². The average molecular weight is 262 g/mol. The number of piperidine rings is 1. The number of nitrogens with one attached hydrogen (secondary N) is 1. The maximum absolute atomic E-state index is 4.66. The zero-order chi connectivity index (χ0) is 13.7. The monoisotopic (exact) mass is 262 g/mol. The summed E-state index contributed by atoms with van der Waals surface area (Å²) in [6, 6.07) is 2.80. The molecule has 106 valence electrons. The molecule has 1 N–H and O–H groups in total. The van der Waals surface area contributed by atoms with Crippen molar-refractivity contribution >= 4 is 5.82 Å². The number of rotatable bonds is 5. The Labute approximate surface area is 116 Å². The van der Waals surface area contributed by atoms with Crippen molar-refractivity contribution in [2.24, 2.45) is 0 Å². The van der Waals surface area contributed by atoms with Gasteiger partial charge >= 0.3 is 0 Å². The molecule has 0 saturated carbocycles. The Bertz CT molecular complexity index is 405. The number of nitrogens with zero attached hydrogens (tertiary/aromatic N) is 3. The minimum Gasteiger partial charge on any atom is -0.353 e. The average Bonchev–Trinajstić information content (AvgIpc) is 2.44. The molecule has 0 aliphatic carbocycles. The van der Waals surface area contributed by atoms with Crippen molar-refractivity contribution in [1.29, 1.82) is 0 Å². The molecule has 0 amide bonds. The van der Waals surface area contributed by atoms with E-state index >= 15 is 0 Å².